The summed E-state index contributed by atoms with van der Waals surface area (Å²) in [6.45, 7) is 3.86. The van der Waals surface area contributed by atoms with Crippen molar-refractivity contribution in [3.05, 3.63) is 35.4 Å². The first kappa shape index (κ1) is 11.2. The molecule has 1 rings (SSSR count). The molecule has 0 aliphatic carbocycles. The summed E-state index contributed by atoms with van der Waals surface area (Å²) in [7, 11) is 0. The smallest absolute Gasteiger partial charge is 0.0791 e. The predicted octanol–water partition coefficient (Wildman–Crippen LogP) is 2.57. The van der Waals surface area contributed by atoms with E-state index in [1.54, 1.807) is 0 Å². The van der Waals surface area contributed by atoms with E-state index in [2.05, 4.69) is 0 Å². The SMILES string of the molecule is CC[C@@H](O)c1ccccc1[C@@H](O)CC. The van der Waals surface area contributed by atoms with Gasteiger partial charge in [0.15, 0.2) is 0 Å². The molecular weight excluding hydrogens is 176 g/mol. The maximum atomic E-state index is 9.74. The summed E-state index contributed by atoms with van der Waals surface area (Å²) in [5.74, 6) is 0. The van der Waals surface area contributed by atoms with E-state index in [0.717, 1.165) is 11.1 Å². The van der Waals surface area contributed by atoms with Crippen molar-refractivity contribution < 1.29 is 10.2 Å². The molecule has 2 atom stereocenters. The average molecular weight is 194 g/mol. The zero-order valence-corrected chi connectivity index (χ0v) is 8.77. The van der Waals surface area contributed by atoms with Crippen molar-refractivity contribution in [3.63, 3.8) is 0 Å². The van der Waals surface area contributed by atoms with E-state index in [1.807, 2.05) is 38.1 Å². The largest absolute Gasteiger partial charge is 0.388 e. The lowest BCUT2D eigenvalue weighted by Crippen LogP contribution is -2.05. The molecule has 0 aromatic heterocycles. The standard InChI is InChI=1S/C12H18O2/c1-3-11(13)9-7-5-6-8-10(9)12(14)4-2/h5-8,11-14H,3-4H2,1-2H3/t11-,12+. The highest BCUT2D eigenvalue weighted by molar-refractivity contribution is 5.30. The quantitative estimate of drug-likeness (QED) is 0.773. The van der Waals surface area contributed by atoms with Gasteiger partial charge in [-0.15, -0.1) is 0 Å². The Bertz CT molecular complexity index is 254. The van der Waals surface area contributed by atoms with Crippen LogP contribution in [0.1, 0.15) is 50.0 Å². The maximum absolute atomic E-state index is 9.74. The summed E-state index contributed by atoms with van der Waals surface area (Å²) in [6, 6.07) is 7.53. The van der Waals surface area contributed by atoms with Crippen LogP contribution in [0, 0.1) is 0 Å². The van der Waals surface area contributed by atoms with Crippen LogP contribution in [0.25, 0.3) is 0 Å². The zero-order valence-electron chi connectivity index (χ0n) is 8.77. The second kappa shape index (κ2) is 5.13. The van der Waals surface area contributed by atoms with Crippen LogP contribution in [-0.2, 0) is 0 Å². The molecule has 2 N–H and O–H groups in total. The Morgan fingerprint density at radius 1 is 0.929 bits per heavy atom. The molecule has 78 valence electrons. The molecule has 0 fully saturated rings. The molecule has 14 heavy (non-hydrogen) atoms. The average Bonchev–Trinajstić information content (AvgIpc) is 2.27. The van der Waals surface area contributed by atoms with Crippen LogP contribution in [0.4, 0.5) is 0 Å². The van der Waals surface area contributed by atoms with Gasteiger partial charge in [0.1, 0.15) is 0 Å². The van der Waals surface area contributed by atoms with Crippen molar-refractivity contribution in [1.82, 2.24) is 0 Å². The summed E-state index contributed by atoms with van der Waals surface area (Å²) in [6.07, 6.45) is 0.417. The van der Waals surface area contributed by atoms with Gasteiger partial charge in [-0.25, -0.2) is 0 Å². The molecule has 0 radical (unpaired) electrons. The van der Waals surface area contributed by atoms with E-state index in [0.29, 0.717) is 12.8 Å². The Hall–Kier alpha value is -0.860. The summed E-state index contributed by atoms with van der Waals surface area (Å²) in [4.78, 5) is 0. The molecule has 2 nitrogen and oxygen atoms in total. The summed E-state index contributed by atoms with van der Waals surface area (Å²) in [5.41, 5.74) is 1.70. The van der Waals surface area contributed by atoms with Crippen molar-refractivity contribution in [2.45, 2.75) is 38.9 Å². The van der Waals surface area contributed by atoms with E-state index in [9.17, 15) is 10.2 Å². The van der Waals surface area contributed by atoms with Gasteiger partial charge in [0.25, 0.3) is 0 Å². The van der Waals surface area contributed by atoms with E-state index < -0.39 is 12.2 Å². The van der Waals surface area contributed by atoms with Gasteiger partial charge in [-0.3, -0.25) is 0 Å². The lowest BCUT2D eigenvalue weighted by Gasteiger charge is -2.17. The Morgan fingerprint density at radius 3 is 1.57 bits per heavy atom. The third-order valence-electron chi connectivity index (χ3n) is 2.49. The molecule has 0 bridgehead atoms. The number of hydrogen-bond acceptors (Lipinski definition) is 2. The van der Waals surface area contributed by atoms with E-state index in [1.165, 1.54) is 0 Å². The molecule has 0 saturated heterocycles. The minimum absolute atomic E-state index is 0.465. The highest BCUT2D eigenvalue weighted by Gasteiger charge is 2.14. The third-order valence-corrected chi connectivity index (χ3v) is 2.49. The molecule has 0 saturated carbocycles. The van der Waals surface area contributed by atoms with Gasteiger partial charge >= 0.3 is 0 Å². The normalized spacial score (nSPS) is 15.1. The van der Waals surface area contributed by atoms with Crippen molar-refractivity contribution in [3.8, 4) is 0 Å². The van der Waals surface area contributed by atoms with Gasteiger partial charge in [-0.2, -0.15) is 0 Å². The molecular formula is C12H18O2. The van der Waals surface area contributed by atoms with Gasteiger partial charge in [-0.05, 0) is 24.0 Å². The summed E-state index contributed by atoms with van der Waals surface area (Å²) >= 11 is 0. The summed E-state index contributed by atoms with van der Waals surface area (Å²) < 4.78 is 0. The topological polar surface area (TPSA) is 40.5 Å². The monoisotopic (exact) mass is 194 g/mol. The molecule has 0 spiro atoms. The van der Waals surface area contributed by atoms with Crippen LogP contribution in [0.3, 0.4) is 0 Å². The fourth-order valence-electron chi connectivity index (χ4n) is 1.56. The third kappa shape index (κ3) is 2.34. The maximum Gasteiger partial charge on any atom is 0.0791 e. The van der Waals surface area contributed by atoms with Gasteiger partial charge < -0.3 is 10.2 Å². The first-order valence-electron chi connectivity index (χ1n) is 5.15. The number of rotatable bonds is 4. The fraction of sp³-hybridized carbons (Fsp3) is 0.500. The Balaban J connectivity index is 3.02. The second-order valence-electron chi connectivity index (χ2n) is 3.48. The van der Waals surface area contributed by atoms with Crippen LogP contribution in [0.2, 0.25) is 0 Å². The molecule has 0 amide bonds. The fourth-order valence-corrected chi connectivity index (χ4v) is 1.56. The van der Waals surface area contributed by atoms with E-state index in [4.69, 9.17) is 0 Å². The van der Waals surface area contributed by atoms with Crippen molar-refractivity contribution in [2.24, 2.45) is 0 Å². The Labute approximate surface area is 85.2 Å². The lowest BCUT2D eigenvalue weighted by molar-refractivity contribution is 0.150. The Kier molecular flexibility index (Phi) is 4.11. The second-order valence-corrected chi connectivity index (χ2v) is 3.48. The zero-order chi connectivity index (χ0) is 10.6. The molecule has 0 heterocycles. The van der Waals surface area contributed by atoms with Gasteiger partial charge in [0.2, 0.25) is 0 Å². The minimum Gasteiger partial charge on any atom is -0.388 e. The molecule has 0 aliphatic heterocycles. The summed E-state index contributed by atoms with van der Waals surface area (Å²) in [5, 5.41) is 19.5. The first-order valence-corrected chi connectivity index (χ1v) is 5.15. The van der Waals surface area contributed by atoms with Crippen molar-refractivity contribution in [2.75, 3.05) is 0 Å². The van der Waals surface area contributed by atoms with E-state index >= 15 is 0 Å². The van der Waals surface area contributed by atoms with Crippen LogP contribution in [0.15, 0.2) is 24.3 Å². The minimum atomic E-state index is -0.465. The molecule has 0 aliphatic rings. The first-order chi connectivity index (χ1) is 6.70. The van der Waals surface area contributed by atoms with Crippen LogP contribution < -0.4 is 0 Å². The number of hydrogen-bond donors (Lipinski definition) is 2. The molecule has 0 unspecified atom stereocenters. The number of benzene rings is 1. The highest BCUT2D eigenvalue weighted by Crippen LogP contribution is 2.26. The van der Waals surface area contributed by atoms with Crippen LogP contribution in [0.5, 0.6) is 0 Å². The van der Waals surface area contributed by atoms with E-state index in [-0.39, 0.29) is 0 Å². The van der Waals surface area contributed by atoms with Crippen LogP contribution in [-0.4, -0.2) is 10.2 Å². The predicted molar refractivity (Wildman–Crippen MR) is 56.9 cm³/mol. The van der Waals surface area contributed by atoms with Crippen molar-refractivity contribution >= 4 is 0 Å². The molecule has 1 aromatic carbocycles. The molecule has 1 aromatic rings. The molecule has 2 heteroatoms. The highest BCUT2D eigenvalue weighted by atomic mass is 16.3. The van der Waals surface area contributed by atoms with Gasteiger partial charge in [0.05, 0.1) is 12.2 Å². The number of aliphatic hydroxyl groups excluding tert-OH is 2. The van der Waals surface area contributed by atoms with Gasteiger partial charge in [-0.1, -0.05) is 38.1 Å². The van der Waals surface area contributed by atoms with Crippen molar-refractivity contribution in [1.29, 1.82) is 0 Å². The Morgan fingerprint density at radius 2 is 1.29 bits per heavy atom. The van der Waals surface area contributed by atoms with Gasteiger partial charge in [0, 0.05) is 0 Å². The lowest BCUT2D eigenvalue weighted by atomic mass is 9.96. The van der Waals surface area contributed by atoms with Crippen LogP contribution >= 0.6 is 0 Å². The number of aliphatic hydroxyl groups is 2.